The summed E-state index contributed by atoms with van der Waals surface area (Å²) in [5.74, 6) is -10.3. The third-order valence-corrected chi connectivity index (χ3v) is 13.2. The third kappa shape index (κ3) is 4.19. The number of hydrogen-bond donors (Lipinski definition) is 2. The fourth-order valence-electron chi connectivity index (χ4n) is 11.6. The van der Waals surface area contributed by atoms with Gasteiger partial charge in [-0.25, -0.2) is 0 Å². The van der Waals surface area contributed by atoms with Crippen molar-refractivity contribution in [3.8, 4) is 0 Å². The molecule has 0 spiro atoms. The van der Waals surface area contributed by atoms with E-state index in [1.807, 2.05) is 41.5 Å². The summed E-state index contributed by atoms with van der Waals surface area (Å²) < 4.78 is 0. The molecule has 0 amide bonds. The number of allylic oxidation sites excluding steroid dienone is 6. The number of ketones is 6. The first-order chi connectivity index (χ1) is 22.1. The zero-order chi connectivity index (χ0) is 35.8. The van der Waals surface area contributed by atoms with E-state index in [4.69, 9.17) is 0 Å². The molecule has 48 heavy (non-hydrogen) atoms. The Morgan fingerprint density at radius 3 is 1.12 bits per heavy atom. The van der Waals surface area contributed by atoms with Crippen molar-refractivity contribution >= 4 is 34.7 Å². The fraction of sp³-hybridized carbons (Fsp3) is 0.650. The van der Waals surface area contributed by atoms with Crippen LogP contribution in [0.2, 0.25) is 0 Å². The van der Waals surface area contributed by atoms with Gasteiger partial charge in [0.05, 0.1) is 11.8 Å². The van der Waals surface area contributed by atoms with Gasteiger partial charge < -0.3 is 10.2 Å². The van der Waals surface area contributed by atoms with E-state index in [9.17, 15) is 29.4 Å². The minimum Gasteiger partial charge on any atom is -0.507 e. The lowest BCUT2D eigenvalue weighted by Gasteiger charge is -2.59. The summed E-state index contributed by atoms with van der Waals surface area (Å²) in [6.45, 7) is 18.3. The second kappa shape index (κ2) is 10.5. The second-order valence-corrected chi connectivity index (χ2v) is 17.9. The molecule has 2 fully saturated rings. The van der Waals surface area contributed by atoms with Crippen molar-refractivity contribution < 1.29 is 39.0 Å². The lowest BCUT2D eigenvalue weighted by molar-refractivity contribution is -0.152. The van der Waals surface area contributed by atoms with Crippen LogP contribution in [-0.4, -0.2) is 44.9 Å². The van der Waals surface area contributed by atoms with Crippen LogP contribution in [-0.2, 0) is 28.8 Å². The Morgan fingerprint density at radius 2 is 0.833 bits per heavy atom. The monoisotopic (exact) mass is 658 g/mol. The third-order valence-electron chi connectivity index (χ3n) is 13.2. The molecule has 0 aromatic rings. The van der Waals surface area contributed by atoms with Crippen molar-refractivity contribution in [1.29, 1.82) is 0 Å². The molecule has 0 unspecified atom stereocenters. The van der Waals surface area contributed by atoms with Crippen LogP contribution in [0.4, 0.5) is 0 Å². The van der Waals surface area contributed by atoms with E-state index in [-0.39, 0.29) is 45.0 Å². The van der Waals surface area contributed by atoms with Gasteiger partial charge in [-0.05, 0) is 48.3 Å². The summed E-state index contributed by atoms with van der Waals surface area (Å²) in [5, 5.41) is 24.2. The van der Waals surface area contributed by atoms with Crippen molar-refractivity contribution in [3.63, 3.8) is 0 Å². The van der Waals surface area contributed by atoms with Crippen LogP contribution in [0.15, 0.2) is 45.0 Å². The summed E-state index contributed by atoms with van der Waals surface area (Å²) in [5.41, 5.74) is -3.52. The highest BCUT2D eigenvalue weighted by molar-refractivity contribution is 6.52. The van der Waals surface area contributed by atoms with Gasteiger partial charge in [-0.15, -0.1) is 0 Å². The standard InChI is InChI=1S/C40H50O8/c1-17(2)19-27(41)23-21(31(45)35-37(5,6)13-11-15-39(35,9)25(23)33(47)29(19)43)22-24-26(34(48)30(44)20(18(3)4)28(24)42)40(10)16-12-14-38(7,8)36(40)32(22)46/h17-18,21-22,35-36,41-42H,11-16H2,1-10H3/t21-,22-,35-,36-,39+,40+/m0/s1. The molecule has 6 aliphatic carbocycles. The topological polar surface area (TPSA) is 143 Å². The maximum absolute atomic E-state index is 15.4. The summed E-state index contributed by atoms with van der Waals surface area (Å²) in [6.07, 6.45) is 3.62. The first-order valence-corrected chi connectivity index (χ1v) is 17.7. The summed E-state index contributed by atoms with van der Waals surface area (Å²) in [6, 6.07) is 0. The second-order valence-electron chi connectivity index (χ2n) is 17.9. The number of hydrogen-bond acceptors (Lipinski definition) is 8. The van der Waals surface area contributed by atoms with Gasteiger partial charge in [0.1, 0.15) is 23.1 Å². The zero-order valence-electron chi connectivity index (χ0n) is 30.1. The largest absolute Gasteiger partial charge is 0.507 e. The van der Waals surface area contributed by atoms with Crippen LogP contribution >= 0.6 is 0 Å². The van der Waals surface area contributed by atoms with E-state index in [0.29, 0.717) is 38.5 Å². The van der Waals surface area contributed by atoms with Crippen molar-refractivity contribution in [2.75, 3.05) is 0 Å². The molecule has 8 heteroatoms. The number of Topliss-reactive ketones (excluding diaryl/α,β-unsaturated/α-hetero) is 6. The summed E-state index contributed by atoms with van der Waals surface area (Å²) in [4.78, 5) is 87.1. The Labute approximate surface area is 283 Å². The van der Waals surface area contributed by atoms with Crippen LogP contribution in [0.25, 0.3) is 0 Å². The first kappa shape index (κ1) is 34.4. The molecule has 6 atom stereocenters. The van der Waals surface area contributed by atoms with Gasteiger partial charge in [0.15, 0.2) is 0 Å². The molecule has 0 aliphatic heterocycles. The van der Waals surface area contributed by atoms with Crippen molar-refractivity contribution in [1.82, 2.24) is 0 Å². The summed E-state index contributed by atoms with van der Waals surface area (Å²) in [7, 11) is 0. The van der Waals surface area contributed by atoms with E-state index in [1.54, 1.807) is 27.7 Å². The zero-order valence-corrected chi connectivity index (χ0v) is 30.1. The molecular formula is C40H50O8. The number of fused-ring (bicyclic) bond motifs is 4. The van der Waals surface area contributed by atoms with Crippen LogP contribution in [0.3, 0.4) is 0 Å². The molecule has 2 saturated carbocycles. The molecule has 2 N–H and O–H groups in total. The van der Waals surface area contributed by atoms with Gasteiger partial charge in [-0.1, -0.05) is 82.1 Å². The average Bonchev–Trinajstić information content (AvgIpc) is 2.93. The molecule has 0 bridgehead atoms. The lowest BCUT2D eigenvalue weighted by Crippen LogP contribution is -2.61. The maximum atomic E-state index is 15.4. The fourth-order valence-corrected chi connectivity index (χ4v) is 11.6. The summed E-state index contributed by atoms with van der Waals surface area (Å²) >= 11 is 0. The van der Waals surface area contributed by atoms with Gasteiger partial charge in [-0.3, -0.25) is 28.8 Å². The smallest absolute Gasteiger partial charge is 0.233 e. The van der Waals surface area contributed by atoms with Crippen molar-refractivity contribution in [2.24, 2.45) is 57.2 Å². The van der Waals surface area contributed by atoms with Crippen LogP contribution in [0, 0.1) is 57.2 Å². The van der Waals surface area contributed by atoms with Crippen LogP contribution in [0.5, 0.6) is 0 Å². The normalized spacial score (nSPS) is 36.6. The predicted octanol–water partition coefficient (Wildman–Crippen LogP) is 6.88. The highest BCUT2D eigenvalue weighted by Gasteiger charge is 2.68. The van der Waals surface area contributed by atoms with E-state index in [1.165, 1.54) is 0 Å². The molecule has 8 nitrogen and oxygen atoms in total. The van der Waals surface area contributed by atoms with Crippen LogP contribution in [0.1, 0.15) is 108 Å². The molecule has 0 saturated heterocycles. The molecule has 258 valence electrons. The van der Waals surface area contributed by atoms with E-state index >= 15 is 9.59 Å². The van der Waals surface area contributed by atoms with Gasteiger partial charge in [0, 0.05) is 56.1 Å². The van der Waals surface area contributed by atoms with Gasteiger partial charge >= 0.3 is 0 Å². The van der Waals surface area contributed by atoms with Crippen LogP contribution < -0.4 is 0 Å². The number of aliphatic hydroxyl groups is 2. The Balaban J connectivity index is 1.79. The minimum atomic E-state index is -1.45. The Kier molecular flexibility index (Phi) is 7.56. The SMILES string of the molecule is CC(C)C1=C(O)C2=C(C(=O)C1=O)[C@@]1(C)CCCC(C)(C)[C@@H]1C(=O)[C@H]2[C@@H]1C(=O)[C@H]2C(C)(C)CCC[C@]2(C)C2=C1C(O)=C(C(C)C)C(=O)C2=O. The van der Waals surface area contributed by atoms with Crippen molar-refractivity contribution in [3.05, 3.63) is 45.0 Å². The number of carbonyl (C=O) groups excluding carboxylic acids is 6. The quantitative estimate of drug-likeness (QED) is 0.247. The average molecular weight is 659 g/mol. The molecule has 0 aromatic heterocycles. The van der Waals surface area contributed by atoms with E-state index in [0.717, 1.165) is 0 Å². The molecule has 0 heterocycles. The molecule has 6 rings (SSSR count). The predicted molar refractivity (Wildman–Crippen MR) is 179 cm³/mol. The van der Waals surface area contributed by atoms with E-state index < -0.39 is 91.8 Å². The van der Waals surface area contributed by atoms with E-state index in [2.05, 4.69) is 0 Å². The molecule has 6 aliphatic rings. The Morgan fingerprint density at radius 1 is 0.521 bits per heavy atom. The highest BCUT2D eigenvalue weighted by Crippen LogP contribution is 2.66. The van der Waals surface area contributed by atoms with Crippen molar-refractivity contribution in [2.45, 2.75) is 108 Å². The molecule has 0 aromatic carbocycles. The number of aliphatic hydroxyl groups excluding tert-OH is 2. The highest BCUT2D eigenvalue weighted by atomic mass is 16.3. The minimum absolute atomic E-state index is 0.0181. The van der Waals surface area contributed by atoms with Gasteiger partial charge in [0.25, 0.3) is 0 Å². The number of rotatable bonds is 3. The van der Waals surface area contributed by atoms with Gasteiger partial charge in [0.2, 0.25) is 23.1 Å². The first-order valence-electron chi connectivity index (χ1n) is 17.7. The van der Waals surface area contributed by atoms with Gasteiger partial charge in [-0.2, -0.15) is 0 Å². The number of carbonyl (C=O) groups is 6. The molecular weight excluding hydrogens is 608 g/mol. The molecule has 0 radical (unpaired) electrons. The maximum Gasteiger partial charge on any atom is 0.233 e. The lowest BCUT2D eigenvalue weighted by atomic mass is 9.42. The Bertz CT molecular complexity index is 1630. The Hall–Kier alpha value is -3.42.